The highest BCUT2D eigenvalue weighted by molar-refractivity contribution is 14.0. The number of carbonyl (C=O) groups excluding carboxylic acids is 2. The monoisotopic (exact) mass is 451 g/mol. The highest BCUT2D eigenvalue weighted by Crippen LogP contribution is 2.19. The molecule has 0 radical (unpaired) electrons. The average molecular weight is 451 g/mol. The second-order valence-electron chi connectivity index (χ2n) is 5.00. The van der Waals surface area contributed by atoms with Crippen molar-refractivity contribution in [2.45, 2.75) is 12.8 Å². The van der Waals surface area contributed by atoms with E-state index in [1.54, 1.807) is 18.4 Å². The number of carbonyl (C=O) groups is 2. The summed E-state index contributed by atoms with van der Waals surface area (Å²) in [6.45, 7) is 3.80. The van der Waals surface area contributed by atoms with E-state index in [-0.39, 0.29) is 42.5 Å². The molecule has 1 atom stereocenters. The quantitative estimate of drug-likeness (QED) is 0.263. The predicted octanol–water partition coefficient (Wildman–Crippen LogP) is 1.19. The number of thiophene rings is 1. The van der Waals surface area contributed by atoms with Gasteiger partial charge in [0, 0.05) is 37.5 Å². The zero-order chi connectivity index (χ0) is 15.9. The molecule has 0 spiro atoms. The van der Waals surface area contributed by atoms with E-state index < -0.39 is 0 Å². The van der Waals surface area contributed by atoms with E-state index in [1.165, 1.54) is 9.78 Å². The minimum absolute atomic E-state index is 0. The van der Waals surface area contributed by atoms with E-state index in [2.05, 4.69) is 39.3 Å². The lowest BCUT2D eigenvalue weighted by atomic mass is 10.1. The predicted molar refractivity (Wildman–Crippen MR) is 103 cm³/mol. The van der Waals surface area contributed by atoms with Crippen molar-refractivity contribution < 1.29 is 9.59 Å². The van der Waals surface area contributed by atoms with E-state index in [1.807, 2.05) is 6.07 Å². The van der Waals surface area contributed by atoms with E-state index in [0.717, 1.165) is 6.54 Å². The van der Waals surface area contributed by atoms with Gasteiger partial charge in [0.25, 0.3) is 0 Å². The van der Waals surface area contributed by atoms with Gasteiger partial charge in [-0.05, 0) is 11.4 Å². The molecule has 1 aliphatic heterocycles. The van der Waals surface area contributed by atoms with Crippen molar-refractivity contribution in [2.24, 2.45) is 4.99 Å². The number of aliphatic imine (C=N–C) groups is 1. The van der Waals surface area contributed by atoms with Gasteiger partial charge in [0.1, 0.15) is 0 Å². The van der Waals surface area contributed by atoms with Gasteiger partial charge in [-0.25, -0.2) is 4.79 Å². The number of hydrogen-bond donors (Lipinski definition) is 3. The maximum Gasteiger partial charge on any atom is 0.324 e. The van der Waals surface area contributed by atoms with Crippen LogP contribution in [-0.4, -0.2) is 56.0 Å². The smallest absolute Gasteiger partial charge is 0.324 e. The summed E-state index contributed by atoms with van der Waals surface area (Å²) in [4.78, 5) is 29.5. The van der Waals surface area contributed by atoms with E-state index in [9.17, 15) is 9.59 Å². The van der Waals surface area contributed by atoms with Gasteiger partial charge in [0.05, 0.1) is 6.54 Å². The number of nitrogens with one attached hydrogen (secondary N) is 3. The Kier molecular flexibility index (Phi) is 8.31. The molecule has 1 saturated heterocycles. The Morgan fingerprint density at radius 3 is 2.83 bits per heavy atom. The molecule has 23 heavy (non-hydrogen) atoms. The van der Waals surface area contributed by atoms with Crippen LogP contribution >= 0.6 is 35.3 Å². The lowest BCUT2D eigenvalue weighted by molar-refractivity contribution is -0.124. The van der Waals surface area contributed by atoms with Gasteiger partial charge in [0.2, 0.25) is 5.91 Å². The minimum atomic E-state index is -0.332. The van der Waals surface area contributed by atoms with Crippen LogP contribution in [0.15, 0.2) is 22.5 Å². The molecular weight excluding hydrogens is 429 g/mol. The molecule has 1 fully saturated rings. The first-order valence-corrected chi connectivity index (χ1v) is 8.06. The number of halogens is 1. The van der Waals surface area contributed by atoms with Gasteiger partial charge in [-0.15, -0.1) is 35.3 Å². The molecule has 0 aliphatic carbocycles. The first-order chi connectivity index (χ1) is 10.6. The Labute approximate surface area is 156 Å². The number of nitrogens with zero attached hydrogens (tertiary/aromatic N) is 2. The van der Waals surface area contributed by atoms with Crippen LogP contribution in [0.25, 0.3) is 0 Å². The fourth-order valence-corrected chi connectivity index (χ4v) is 2.90. The van der Waals surface area contributed by atoms with Crippen LogP contribution in [0, 0.1) is 0 Å². The Balaban J connectivity index is 0.00000264. The van der Waals surface area contributed by atoms with Gasteiger partial charge < -0.3 is 16.0 Å². The van der Waals surface area contributed by atoms with Crippen molar-refractivity contribution in [1.29, 1.82) is 0 Å². The highest BCUT2D eigenvalue weighted by atomic mass is 127. The van der Waals surface area contributed by atoms with E-state index >= 15 is 0 Å². The molecule has 9 heteroatoms. The number of imide groups is 1. The summed E-state index contributed by atoms with van der Waals surface area (Å²) in [6, 6.07) is 3.83. The second-order valence-corrected chi connectivity index (χ2v) is 5.98. The van der Waals surface area contributed by atoms with Crippen LogP contribution in [0.3, 0.4) is 0 Å². The first kappa shape index (κ1) is 19.7. The van der Waals surface area contributed by atoms with Crippen LogP contribution in [-0.2, 0) is 4.79 Å². The summed E-state index contributed by atoms with van der Waals surface area (Å²) in [6.07, 6.45) is 0. The van der Waals surface area contributed by atoms with Crippen molar-refractivity contribution in [1.82, 2.24) is 20.9 Å². The maximum absolute atomic E-state index is 11.4. The molecule has 2 rings (SSSR count). The SMILES string of the molecule is CN=C(NCCN1C(=O)CNC1=O)NCC(C)c1cccs1.I. The van der Waals surface area contributed by atoms with Gasteiger partial charge in [-0.2, -0.15) is 0 Å². The molecular formula is C14H22IN5O2S. The van der Waals surface area contributed by atoms with Crippen molar-refractivity contribution in [3.8, 4) is 0 Å². The summed E-state index contributed by atoms with van der Waals surface area (Å²) in [5.74, 6) is 0.862. The Morgan fingerprint density at radius 1 is 1.48 bits per heavy atom. The van der Waals surface area contributed by atoms with Crippen LogP contribution in [0.1, 0.15) is 17.7 Å². The molecule has 128 valence electrons. The molecule has 1 aromatic heterocycles. The molecule has 2 heterocycles. The van der Waals surface area contributed by atoms with Crippen LogP contribution in [0.2, 0.25) is 0 Å². The lowest BCUT2D eigenvalue weighted by Crippen LogP contribution is -2.44. The summed E-state index contributed by atoms with van der Waals surface area (Å²) in [5.41, 5.74) is 0. The van der Waals surface area contributed by atoms with Gasteiger partial charge in [-0.3, -0.25) is 14.7 Å². The Hall–Kier alpha value is -1.36. The van der Waals surface area contributed by atoms with Crippen molar-refractivity contribution in [3.63, 3.8) is 0 Å². The molecule has 1 aliphatic rings. The molecule has 3 N–H and O–H groups in total. The van der Waals surface area contributed by atoms with E-state index in [0.29, 0.717) is 25.0 Å². The molecule has 7 nitrogen and oxygen atoms in total. The summed E-state index contributed by atoms with van der Waals surface area (Å²) >= 11 is 1.74. The third-order valence-electron chi connectivity index (χ3n) is 3.39. The fourth-order valence-electron chi connectivity index (χ4n) is 2.11. The van der Waals surface area contributed by atoms with Crippen LogP contribution in [0.5, 0.6) is 0 Å². The number of rotatable bonds is 6. The van der Waals surface area contributed by atoms with Crippen LogP contribution < -0.4 is 16.0 Å². The van der Waals surface area contributed by atoms with Crippen molar-refractivity contribution >= 4 is 53.2 Å². The van der Waals surface area contributed by atoms with E-state index in [4.69, 9.17) is 0 Å². The Bertz CT molecular complexity index is 533. The molecule has 1 aromatic rings. The number of urea groups is 1. The van der Waals surface area contributed by atoms with Crippen molar-refractivity contribution in [2.75, 3.05) is 33.2 Å². The molecule has 0 bridgehead atoms. The molecule has 3 amide bonds. The standard InChI is InChI=1S/C14H21N5O2S.HI/c1-10(11-4-3-7-22-11)8-17-13(15-2)16-5-6-19-12(20)9-18-14(19)21;/h3-4,7,10H,5-6,8-9H2,1-2H3,(H,18,21)(H2,15,16,17);1H. The fraction of sp³-hybridized carbons (Fsp3) is 0.500. The van der Waals surface area contributed by atoms with Gasteiger partial charge in [0.15, 0.2) is 5.96 Å². The normalized spacial score (nSPS) is 15.9. The first-order valence-electron chi connectivity index (χ1n) is 7.18. The molecule has 0 aromatic carbocycles. The zero-order valence-electron chi connectivity index (χ0n) is 13.2. The Morgan fingerprint density at radius 2 is 2.26 bits per heavy atom. The number of hydrogen-bond acceptors (Lipinski definition) is 4. The maximum atomic E-state index is 11.4. The van der Waals surface area contributed by atoms with Gasteiger partial charge >= 0.3 is 6.03 Å². The average Bonchev–Trinajstić information content (AvgIpc) is 3.15. The number of guanidine groups is 1. The summed E-state index contributed by atoms with van der Waals surface area (Å²) in [7, 11) is 1.69. The highest BCUT2D eigenvalue weighted by Gasteiger charge is 2.27. The third-order valence-corrected chi connectivity index (χ3v) is 4.50. The zero-order valence-corrected chi connectivity index (χ0v) is 16.3. The summed E-state index contributed by atoms with van der Waals surface area (Å²) in [5, 5.41) is 10.9. The minimum Gasteiger partial charge on any atom is -0.356 e. The number of amides is 3. The van der Waals surface area contributed by atoms with Crippen molar-refractivity contribution in [3.05, 3.63) is 22.4 Å². The molecule has 1 unspecified atom stereocenters. The van der Waals surface area contributed by atoms with Gasteiger partial charge in [-0.1, -0.05) is 13.0 Å². The molecule has 0 saturated carbocycles. The summed E-state index contributed by atoms with van der Waals surface area (Å²) < 4.78 is 0. The lowest BCUT2D eigenvalue weighted by Gasteiger charge is -2.17. The largest absolute Gasteiger partial charge is 0.356 e. The third kappa shape index (κ3) is 5.65. The van der Waals surface area contributed by atoms with Crippen LogP contribution in [0.4, 0.5) is 4.79 Å². The topological polar surface area (TPSA) is 85.8 Å². The second kappa shape index (κ2) is 9.71.